The van der Waals surface area contributed by atoms with E-state index in [4.69, 9.17) is 21.3 Å². The van der Waals surface area contributed by atoms with Crippen molar-refractivity contribution < 1.29 is 28.7 Å². The van der Waals surface area contributed by atoms with Gasteiger partial charge >= 0.3 is 0 Å². The first-order valence-corrected chi connectivity index (χ1v) is 24.5. The Labute approximate surface area is 393 Å². The number of thiazole rings is 1. The topological polar surface area (TPSA) is 153 Å². The molecule has 5 aromatic rings. The Hall–Kier alpha value is -5.83. The zero-order chi connectivity index (χ0) is 45.4. The average molecular weight is 929 g/mol. The van der Waals surface area contributed by atoms with Crippen LogP contribution in [0.3, 0.4) is 0 Å². The average Bonchev–Trinajstić information content (AvgIpc) is 3.78. The lowest BCUT2D eigenvalue weighted by Gasteiger charge is -2.43. The molecular formula is C51H54ClN7O6S. The summed E-state index contributed by atoms with van der Waals surface area (Å²) < 4.78 is 7.87. The molecule has 0 radical (unpaired) electrons. The number of ether oxygens (including phenoxy) is 1. The van der Waals surface area contributed by atoms with Crippen molar-refractivity contribution in [1.29, 1.82) is 0 Å². The summed E-state index contributed by atoms with van der Waals surface area (Å²) in [4.78, 5) is 77.3. The second-order valence-corrected chi connectivity index (χ2v) is 19.9. The number of benzene rings is 4. The van der Waals surface area contributed by atoms with Gasteiger partial charge in [-0.1, -0.05) is 60.1 Å². The molecular weight excluding hydrogens is 874 g/mol. The van der Waals surface area contributed by atoms with Gasteiger partial charge in [-0.2, -0.15) is 0 Å². The van der Waals surface area contributed by atoms with Crippen molar-refractivity contribution >= 4 is 74.1 Å². The van der Waals surface area contributed by atoms with Gasteiger partial charge in [-0.15, -0.1) is 11.3 Å². The summed E-state index contributed by atoms with van der Waals surface area (Å²) in [5.41, 5.74) is 3.90. The van der Waals surface area contributed by atoms with Gasteiger partial charge in [0.1, 0.15) is 10.8 Å². The lowest BCUT2D eigenvalue weighted by atomic mass is 9.86. The Morgan fingerprint density at radius 2 is 1.55 bits per heavy atom. The zero-order valence-electron chi connectivity index (χ0n) is 36.8. The second kappa shape index (κ2) is 18.8. The van der Waals surface area contributed by atoms with Gasteiger partial charge in [0.15, 0.2) is 5.60 Å². The largest absolute Gasteiger partial charge is 0.477 e. The van der Waals surface area contributed by atoms with E-state index in [1.165, 1.54) is 11.3 Å². The Balaban J connectivity index is 0.783. The molecule has 66 heavy (non-hydrogen) atoms. The summed E-state index contributed by atoms with van der Waals surface area (Å²) in [7, 11) is 0. The number of aromatic nitrogens is 1. The number of amides is 5. The van der Waals surface area contributed by atoms with Crippen LogP contribution in [-0.2, 0) is 24.0 Å². The fraction of sp³-hybridized carbons (Fsp3) is 0.412. The van der Waals surface area contributed by atoms with E-state index in [1.54, 1.807) is 4.90 Å². The van der Waals surface area contributed by atoms with Crippen molar-refractivity contribution in [3.63, 3.8) is 0 Å². The van der Waals surface area contributed by atoms with Crippen molar-refractivity contribution in [2.75, 3.05) is 56.0 Å². The molecule has 5 aliphatic heterocycles. The lowest BCUT2D eigenvalue weighted by Crippen LogP contribution is -2.60. The number of para-hydroxylation sites is 2. The first kappa shape index (κ1) is 44.0. The van der Waals surface area contributed by atoms with Gasteiger partial charge in [0, 0.05) is 88.9 Å². The summed E-state index contributed by atoms with van der Waals surface area (Å²) in [5.74, 6) is -0.605. The van der Waals surface area contributed by atoms with E-state index in [1.807, 2.05) is 78.9 Å². The molecule has 342 valence electrons. The maximum atomic E-state index is 14.8. The third-order valence-corrected chi connectivity index (χ3v) is 15.9. The number of hydrogen-bond donors (Lipinski definition) is 3. The van der Waals surface area contributed by atoms with Gasteiger partial charge in [-0.3, -0.25) is 29.3 Å². The molecule has 6 heterocycles. The molecule has 2 atom stereocenters. The first-order chi connectivity index (χ1) is 32.1. The van der Waals surface area contributed by atoms with Crippen LogP contribution in [0.25, 0.3) is 20.8 Å². The first-order valence-electron chi connectivity index (χ1n) is 23.3. The Morgan fingerprint density at radius 3 is 2.30 bits per heavy atom. The predicted molar refractivity (Wildman–Crippen MR) is 256 cm³/mol. The number of nitrogens with one attached hydrogen (secondary N) is 3. The smallest absolute Gasteiger partial charge is 0.264 e. The number of rotatable bonds is 10. The molecule has 0 saturated carbocycles. The summed E-state index contributed by atoms with van der Waals surface area (Å²) >= 11 is 8.05. The van der Waals surface area contributed by atoms with E-state index in [0.717, 1.165) is 96.0 Å². The Morgan fingerprint density at radius 1 is 0.803 bits per heavy atom. The predicted octanol–water partition coefficient (Wildman–Crippen LogP) is 7.50. The third-order valence-electron chi connectivity index (χ3n) is 14.3. The molecule has 4 saturated heterocycles. The number of anilines is 2. The minimum absolute atomic E-state index is 0.0159. The van der Waals surface area contributed by atoms with Crippen LogP contribution in [0.5, 0.6) is 5.75 Å². The van der Waals surface area contributed by atoms with Gasteiger partial charge in [0.05, 0.1) is 32.6 Å². The van der Waals surface area contributed by atoms with Crippen LogP contribution < -0.4 is 25.6 Å². The van der Waals surface area contributed by atoms with E-state index in [9.17, 15) is 24.0 Å². The fourth-order valence-electron chi connectivity index (χ4n) is 10.5. The lowest BCUT2D eigenvalue weighted by molar-refractivity contribution is -0.148. The van der Waals surface area contributed by atoms with E-state index >= 15 is 0 Å². The van der Waals surface area contributed by atoms with Crippen LogP contribution in [0.15, 0.2) is 91.0 Å². The van der Waals surface area contributed by atoms with Crippen molar-refractivity contribution in [3.8, 4) is 16.3 Å². The highest BCUT2D eigenvalue weighted by atomic mass is 35.5. The van der Waals surface area contributed by atoms with Crippen LogP contribution in [-0.4, -0.2) is 102 Å². The van der Waals surface area contributed by atoms with E-state index in [-0.39, 0.29) is 60.8 Å². The Kier molecular flexibility index (Phi) is 12.5. The van der Waals surface area contributed by atoms with Crippen molar-refractivity contribution in [2.45, 2.75) is 81.3 Å². The molecule has 4 aromatic carbocycles. The van der Waals surface area contributed by atoms with Crippen LogP contribution >= 0.6 is 22.9 Å². The zero-order valence-corrected chi connectivity index (χ0v) is 38.4. The number of fused-ring (bicyclic) bond motifs is 2. The highest BCUT2D eigenvalue weighted by Crippen LogP contribution is 2.42. The van der Waals surface area contributed by atoms with Crippen LogP contribution in [0, 0.1) is 5.92 Å². The summed E-state index contributed by atoms with van der Waals surface area (Å²) in [6.45, 7) is 5.36. The molecule has 4 fully saturated rings. The monoisotopic (exact) mass is 927 g/mol. The van der Waals surface area contributed by atoms with Crippen molar-refractivity contribution in [1.82, 2.24) is 25.4 Å². The molecule has 5 amide bonds. The number of piperidine rings is 4. The standard InChI is InChI=1S/C51H54ClN7O6S/c52-40-8-5-10-42-46(40)66-48(55-42)38-7-2-4-11-43(38)65-51(22-28-59(29-23-51)49(63)39-30-45(61)54-41-9-3-1-6-37(39)41)50(64)53-34-20-24-57(25-21-34)31-32-18-26-58(27-19-32)35-14-12-33(13-15-35)36-16-17-44(60)56-47(36)62/h1-15,32,34,36,39H,16-31H2,(H,53,64)(H,54,61)(H,56,60,62)/t36-,39-/m0/s1. The third kappa shape index (κ3) is 9.15. The normalized spacial score (nSPS) is 21.8. The van der Waals surface area contributed by atoms with Gasteiger partial charge in [0.2, 0.25) is 23.6 Å². The summed E-state index contributed by atoms with van der Waals surface area (Å²) in [6.07, 6.45) is 5.42. The number of carbonyl (C=O) groups is 5. The minimum Gasteiger partial charge on any atom is -0.477 e. The van der Waals surface area contributed by atoms with E-state index in [2.05, 4.69) is 37.9 Å². The summed E-state index contributed by atoms with van der Waals surface area (Å²) in [6, 6.07) is 29.1. The van der Waals surface area contributed by atoms with E-state index < -0.39 is 11.5 Å². The maximum absolute atomic E-state index is 14.8. The van der Waals surface area contributed by atoms with Gasteiger partial charge in [-0.05, 0) is 91.6 Å². The van der Waals surface area contributed by atoms with Crippen LogP contribution in [0.2, 0.25) is 5.02 Å². The number of carbonyl (C=O) groups excluding carboxylic acids is 5. The molecule has 15 heteroatoms. The summed E-state index contributed by atoms with van der Waals surface area (Å²) in [5, 5.41) is 10.2. The number of halogens is 1. The molecule has 10 rings (SSSR count). The highest BCUT2D eigenvalue weighted by molar-refractivity contribution is 7.22. The fourth-order valence-corrected chi connectivity index (χ4v) is 11.8. The molecule has 13 nitrogen and oxygen atoms in total. The minimum atomic E-state index is -1.25. The van der Waals surface area contributed by atoms with Crippen molar-refractivity contribution in [2.24, 2.45) is 5.92 Å². The molecule has 0 aliphatic carbocycles. The van der Waals surface area contributed by atoms with E-state index in [0.29, 0.717) is 48.3 Å². The van der Waals surface area contributed by atoms with Gasteiger partial charge < -0.3 is 30.1 Å². The molecule has 3 N–H and O–H groups in total. The maximum Gasteiger partial charge on any atom is 0.264 e. The van der Waals surface area contributed by atoms with Gasteiger partial charge in [-0.25, -0.2) is 4.98 Å². The number of imide groups is 1. The van der Waals surface area contributed by atoms with Crippen molar-refractivity contribution in [3.05, 3.63) is 107 Å². The molecule has 0 bridgehead atoms. The SMILES string of the molecule is O=C1CC[C@@H](c2ccc(N3CCC(CN4CCC(NC(=O)C5(Oc6ccccc6-c6nc7cccc(Cl)c7s6)CCN(C(=O)[C@H]6CC(=O)Nc7ccccc76)CC5)CC4)CC3)cc2)C(=O)N1. The second-order valence-electron chi connectivity index (χ2n) is 18.5. The molecule has 0 unspecified atom stereocenters. The molecule has 5 aliphatic rings. The molecule has 0 spiro atoms. The highest BCUT2D eigenvalue weighted by Gasteiger charge is 2.47. The molecule has 1 aromatic heterocycles. The van der Waals surface area contributed by atoms with Gasteiger partial charge in [0.25, 0.3) is 5.91 Å². The number of likely N-dealkylation sites (tertiary alicyclic amines) is 2. The van der Waals surface area contributed by atoms with Crippen LogP contribution in [0.1, 0.15) is 80.8 Å². The quantitative estimate of drug-likeness (QED) is 0.121. The van der Waals surface area contributed by atoms with Crippen LogP contribution in [0.4, 0.5) is 11.4 Å². The number of nitrogens with zero attached hydrogens (tertiary/aromatic N) is 4. The number of hydrogen-bond acceptors (Lipinski definition) is 10. The Bertz CT molecular complexity index is 2650.